The van der Waals surface area contributed by atoms with Crippen LogP contribution in [0.1, 0.15) is 26.2 Å². The van der Waals surface area contributed by atoms with Gasteiger partial charge in [-0.15, -0.1) is 0 Å². The van der Waals surface area contributed by atoms with Crippen molar-refractivity contribution in [1.29, 1.82) is 0 Å². The molecule has 1 heterocycles. The van der Waals surface area contributed by atoms with Gasteiger partial charge in [0.25, 0.3) is 5.91 Å². The number of nitrogens with zero attached hydrogens (tertiary/aromatic N) is 1. The first kappa shape index (κ1) is 16.1. The third-order valence-corrected chi connectivity index (χ3v) is 3.99. The summed E-state index contributed by atoms with van der Waals surface area (Å²) < 4.78 is 11.2. The van der Waals surface area contributed by atoms with E-state index in [2.05, 4.69) is 0 Å². The fourth-order valence-corrected chi connectivity index (χ4v) is 2.60. The summed E-state index contributed by atoms with van der Waals surface area (Å²) in [6, 6.07) is 7.27. The Morgan fingerprint density at radius 3 is 2.76 bits per heavy atom. The summed E-state index contributed by atoms with van der Waals surface area (Å²) in [5.74, 6) is 0.853. The van der Waals surface area contributed by atoms with Crippen LogP contribution in [0.15, 0.2) is 24.3 Å². The standard InChI is InChI=1S/C16H22ClNO3/c1-16(9-3-12-21-16)15(19)18(2)10-4-11-20-14-7-5-13(17)6-8-14/h5-8H,3-4,9-12H2,1-2H3/t16-/m1/s1. The number of carbonyl (C=O) groups is 1. The molecule has 0 bridgehead atoms. The molecule has 0 unspecified atom stereocenters. The minimum absolute atomic E-state index is 0.0616. The Morgan fingerprint density at radius 2 is 2.14 bits per heavy atom. The van der Waals surface area contributed by atoms with Gasteiger partial charge in [-0.25, -0.2) is 0 Å². The Kier molecular flexibility index (Phi) is 5.48. The van der Waals surface area contributed by atoms with Gasteiger partial charge in [0.15, 0.2) is 0 Å². The van der Waals surface area contributed by atoms with Crippen LogP contribution in [0.3, 0.4) is 0 Å². The van der Waals surface area contributed by atoms with Crippen molar-refractivity contribution < 1.29 is 14.3 Å². The Labute approximate surface area is 131 Å². The molecule has 4 nitrogen and oxygen atoms in total. The van der Waals surface area contributed by atoms with Crippen LogP contribution >= 0.6 is 11.6 Å². The second-order valence-corrected chi connectivity index (χ2v) is 6.00. The number of benzene rings is 1. The smallest absolute Gasteiger partial charge is 0.254 e. The van der Waals surface area contributed by atoms with E-state index in [1.807, 2.05) is 26.1 Å². The zero-order chi connectivity index (χ0) is 15.3. The highest BCUT2D eigenvalue weighted by Crippen LogP contribution is 2.26. The monoisotopic (exact) mass is 311 g/mol. The lowest BCUT2D eigenvalue weighted by Crippen LogP contribution is -2.45. The van der Waals surface area contributed by atoms with E-state index in [9.17, 15) is 4.79 Å². The van der Waals surface area contributed by atoms with Crippen LogP contribution in [-0.4, -0.2) is 43.2 Å². The van der Waals surface area contributed by atoms with E-state index in [0.717, 1.165) is 25.0 Å². The molecule has 5 heteroatoms. The van der Waals surface area contributed by atoms with Crippen molar-refractivity contribution >= 4 is 17.5 Å². The molecule has 1 aliphatic heterocycles. The molecule has 1 aromatic rings. The minimum Gasteiger partial charge on any atom is -0.494 e. The first-order valence-electron chi connectivity index (χ1n) is 7.29. The molecule has 0 saturated carbocycles. The largest absolute Gasteiger partial charge is 0.494 e. The Hall–Kier alpha value is -1.26. The quantitative estimate of drug-likeness (QED) is 0.758. The molecule has 0 N–H and O–H groups in total. The van der Waals surface area contributed by atoms with Crippen LogP contribution in [0.4, 0.5) is 0 Å². The van der Waals surface area contributed by atoms with Crippen molar-refractivity contribution in [3.05, 3.63) is 29.3 Å². The number of hydrogen-bond acceptors (Lipinski definition) is 3. The molecule has 1 aromatic carbocycles. The number of likely N-dealkylation sites (N-methyl/N-ethyl adjacent to an activating group) is 1. The Bertz CT molecular complexity index is 469. The average Bonchev–Trinajstić information content (AvgIpc) is 2.92. The van der Waals surface area contributed by atoms with Crippen LogP contribution < -0.4 is 4.74 Å². The van der Waals surface area contributed by atoms with Crippen molar-refractivity contribution in [2.24, 2.45) is 0 Å². The van der Waals surface area contributed by atoms with E-state index in [4.69, 9.17) is 21.1 Å². The third kappa shape index (κ3) is 4.35. The third-order valence-electron chi connectivity index (χ3n) is 3.74. The molecule has 116 valence electrons. The lowest BCUT2D eigenvalue weighted by atomic mass is 10.0. The summed E-state index contributed by atoms with van der Waals surface area (Å²) in [6.07, 6.45) is 2.54. The Morgan fingerprint density at radius 1 is 1.43 bits per heavy atom. The van der Waals surface area contributed by atoms with Gasteiger partial charge in [0, 0.05) is 25.2 Å². The van der Waals surface area contributed by atoms with Crippen LogP contribution in [0.2, 0.25) is 5.02 Å². The fraction of sp³-hybridized carbons (Fsp3) is 0.562. The molecule has 1 aliphatic rings. The molecular weight excluding hydrogens is 290 g/mol. The lowest BCUT2D eigenvalue weighted by molar-refractivity contribution is -0.149. The van der Waals surface area contributed by atoms with Gasteiger partial charge in [-0.05, 0) is 50.5 Å². The number of halogens is 1. The number of carbonyl (C=O) groups excluding carboxylic acids is 1. The van der Waals surface area contributed by atoms with E-state index in [0.29, 0.717) is 24.8 Å². The van der Waals surface area contributed by atoms with E-state index < -0.39 is 5.60 Å². The van der Waals surface area contributed by atoms with Crippen molar-refractivity contribution in [3.8, 4) is 5.75 Å². The van der Waals surface area contributed by atoms with Gasteiger partial charge >= 0.3 is 0 Å². The average molecular weight is 312 g/mol. The molecule has 21 heavy (non-hydrogen) atoms. The summed E-state index contributed by atoms with van der Waals surface area (Å²) in [5, 5.41) is 0.692. The number of amides is 1. The molecule has 1 atom stereocenters. The predicted octanol–water partition coefficient (Wildman–Crippen LogP) is 3.14. The molecule has 0 aromatic heterocycles. The first-order chi connectivity index (χ1) is 10.0. The topological polar surface area (TPSA) is 38.8 Å². The van der Waals surface area contributed by atoms with Crippen LogP contribution in [0.5, 0.6) is 5.75 Å². The molecule has 2 rings (SSSR count). The van der Waals surface area contributed by atoms with Gasteiger partial charge in [-0.1, -0.05) is 11.6 Å². The summed E-state index contributed by atoms with van der Waals surface area (Å²) in [5.41, 5.74) is -0.633. The zero-order valence-corrected chi connectivity index (χ0v) is 13.4. The van der Waals surface area contributed by atoms with Crippen molar-refractivity contribution in [3.63, 3.8) is 0 Å². The zero-order valence-electron chi connectivity index (χ0n) is 12.6. The molecule has 0 radical (unpaired) electrons. The SMILES string of the molecule is CN(CCCOc1ccc(Cl)cc1)C(=O)[C@@]1(C)CCCO1. The maximum atomic E-state index is 12.3. The number of rotatable bonds is 6. The molecule has 1 fully saturated rings. The highest BCUT2D eigenvalue weighted by atomic mass is 35.5. The molecule has 0 aliphatic carbocycles. The fourth-order valence-electron chi connectivity index (χ4n) is 2.48. The van der Waals surface area contributed by atoms with E-state index in [-0.39, 0.29) is 5.91 Å². The van der Waals surface area contributed by atoms with E-state index in [1.54, 1.807) is 17.0 Å². The highest BCUT2D eigenvalue weighted by Gasteiger charge is 2.39. The van der Waals surface area contributed by atoms with E-state index >= 15 is 0 Å². The van der Waals surface area contributed by atoms with Gasteiger partial charge in [-0.2, -0.15) is 0 Å². The molecule has 1 amide bonds. The van der Waals surface area contributed by atoms with Gasteiger partial charge in [-0.3, -0.25) is 4.79 Å². The highest BCUT2D eigenvalue weighted by molar-refractivity contribution is 6.30. The van der Waals surface area contributed by atoms with Gasteiger partial charge in [0.05, 0.1) is 6.61 Å². The van der Waals surface area contributed by atoms with Crippen molar-refractivity contribution in [2.45, 2.75) is 31.8 Å². The van der Waals surface area contributed by atoms with Gasteiger partial charge in [0.2, 0.25) is 0 Å². The molecule has 0 spiro atoms. The van der Waals surface area contributed by atoms with Crippen LogP contribution in [0, 0.1) is 0 Å². The van der Waals surface area contributed by atoms with E-state index in [1.165, 1.54) is 0 Å². The second-order valence-electron chi connectivity index (χ2n) is 5.57. The number of ether oxygens (including phenoxy) is 2. The summed E-state index contributed by atoms with van der Waals surface area (Å²) in [4.78, 5) is 14.0. The maximum absolute atomic E-state index is 12.3. The van der Waals surface area contributed by atoms with Gasteiger partial charge < -0.3 is 14.4 Å². The molecular formula is C16H22ClNO3. The maximum Gasteiger partial charge on any atom is 0.254 e. The normalized spacial score (nSPS) is 21.3. The summed E-state index contributed by atoms with van der Waals surface area (Å²) >= 11 is 5.81. The van der Waals surface area contributed by atoms with Crippen molar-refractivity contribution in [1.82, 2.24) is 4.90 Å². The number of hydrogen-bond donors (Lipinski definition) is 0. The predicted molar refractivity (Wildman–Crippen MR) is 82.8 cm³/mol. The lowest BCUT2D eigenvalue weighted by Gasteiger charge is -2.28. The summed E-state index contributed by atoms with van der Waals surface area (Å²) in [6.45, 7) is 3.78. The Balaban J connectivity index is 1.70. The summed E-state index contributed by atoms with van der Waals surface area (Å²) in [7, 11) is 1.82. The van der Waals surface area contributed by atoms with Gasteiger partial charge in [0.1, 0.15) is 11.4 Å². The van der Waals surface area contributed by atoms with Crippen molar-refractivity contribution in [2.75, 3.05) is 26.8 Å². The second kappa shape index (κ2) is 7.14. The minimum atomic E-state index is -0.633. The van der Waals surface area contributed by atoms with Crippen LogP contribution in [0.25, 0.3) is 0 Å². The molecule has 1 saturated heterocycles. The first-order valence-corrected chi connectivity index (χ1v) is 7.67. The van der Waals surface area contributed by atoms with Crippen LogP contribution in [-0.2, 0) is 9.53 Å².